The Morgan fingerprint density at radius 1 is 1.46 bits per heavy atom. The molecule has 2 aliphatic carbocycles. The first-order chi connectivity index (χ1) is 6.15. The van der Waals surface area contributed by atoms with Crippen molar-refractivity contribution in [1.82, 2.24) is 0 Å². The lowest BCUT2D eigenvalue weighted by Gasteiger charge is -2.12. The molecule has 0 radical (unpaired) electrons. The fraction of sp³-hybridized carbons (Fsp3) is 0.900. The summed E-state index contributed by atoms with van der Waals surface area (Å²) in [7, 11) is 1.44. The van der Waals surface area contributed by atoms with E-state index in [1.54, 1.807) is 0 Å². The van der Waals surface area contributed by atoms with Gasteiger partial charge in [-0.25, -0.2) is 0 Å². The third-order valence-electron chi connectivity index (χ3n) is 3.64. The molecule has 0 aromatic rings. The molecule has 3 nitrogen and oxygen atoms in total. The van der Waals surface area contributed by atoms with E-state index in [1.807, 2.05) is 6.92 Å². The number of fused-ring (bicyclic) bond motifs is 1. The Hall–Kier alpha value is -0.570. The number of methoxy groups -OCH3 is 1. The van der Waals surface area contributed by atoms with Crippen LogP contribution in [0.15, 0.2) is 0 Å². The van der Waals surface area contributed by atoms with Gasteiger partial charge in [0, 0.05) is 0 Å². The number of aliphatic hydroxyl groups is 1. The van der Waals surface area contributed by atoms with Crippen molar-refractivity contribution in [1.29, 1.82) is 0 Å². The van der Waals surface area contributed by atoms with Crippen molar-refractivity contribution in [2.45, 2.75) is 25.9 Å². The van der Waals surface area contributed by atoms with Gasteiger partial charge >= 0.3 is 5.97 Å². The first-order valence-electron chi connectivity index (χ1n) is 4.91. The number of esters is 1. The van der Waals surface area contributed by atoms with Crippen molar-refractivity contribution in [2.75, 3.05) is 7.11 Å². The quantitative estimate of drug-likeness (QED) is 0.646. The summed E-state index contributed by atoms with van der Waals surface area (Å²) in [5, 5.41) is 9.31. The van der Waals surface area contributed by atoms with Crippen molar-refractivity contribution in [3.63, 3.8) is 0 Å². The maximum Gasteiger partial charge on any atom is 0.308 e. The Kier molecular flexibility index (Phi) is 2.06. The van der Waals surface area contributed by atoms with Crippen LogP contribution in [0.2, 0.25) is 0 Å². The van der Waals surface area contributed by atoms with Crippen LogP contribution in [0.3, 0.4) is 0 Å². The van der Waals surface area contributed by atoms with Gasteiger partial charge in [-0.1, -0.05) is 6.92 Å². The fourth-order valence-electron chi connectivity index (χ4n) is 2.95. The van der Waals surface area contributed by atoms with E-state index in [2.05, 4.69) is 0 Å². The number of carbonyl (C=O) groups excluding carboxylic acids is 1. The smallest absolute Gasteiger partial charge is 0.308 e. The van der Waals surface area contributed by atoms with Crippen molar-refractivity contribution in [2.24, 2.45) is 23.7 Å². The first-order valence-corrected chi connectivity index (χ1v) is 4.91. The topological polar surface area (TPSA) is 46.5 Å². The van der Waals surface area contributed by atoms with Crippen LogP contribution >= 0.6 is 0 Å². The maximum atomic E-state index is 11.2. The van der Waals surface area contributed by atoms with Gasteiger partial charge in [0.05, 0.1) is 19.1 Å². The molecule has 2 aliphatic rings. The van der Waals surface area contributed by atoms with Crippen LogP contribution in [0.4, 0.5) is 0 Å². The van der Waals surface area contributed by atoms with E-state index in [-0.39, 0.29) is 18.0 Å². The molecule has 0 spiro atoms. The summed E-state index contributed by atoms with van der Waals surface area (Å²) in [4.78, 5) is 11.2. The molecule has 3 heteroatoms. The SMILES string of the molecule is COC(=O)C(C)C1C2CC(O)C[C@H]21. The summed E-state index contributed by atoms with van der Waals surface area (Å²) in [5.74, 6) is 1.57. The summed E-state index contributed by atoms with van der Waals surface area (Å²) < 4.78 is 4.70. The fourth-order valence-corrected chi connectivity index (χ4v) is 2.95. The van der Waals surface area contributed by atoms with E-state index in [4.69, 9.17) is 4.74 Å². The van der Waals surface area contributed by atoms with Crippen LogP contribution in [0.25, 0.3) is 0 Å². The average Bonchev–Trinajstić information content (AvgIpc) is 2.62. The minimum absolute atomic E-state index is 0.0208. The van der Waals surface area contributed by atoms with Crippen LogP contribution in [0.5, 0.6) is 0 Å². The van der Waals surface area contributed by atoms with Crippen LogP contribution in [0.1, 0.15) is 19.8 Å². The average molecular weight is 184 g/mol. The lowest BCUT2D eigenvalue weighted by Crippen LogP contribution is -2.19. The summed E-state index contributed by atoms with van der Waals surface area (Å²) in [6, 6.07) is 0. The van der Waals surface area contributed by atoms with Crippen molar-refractivity contribution >= 4 is 5.97 Å². The zero-order chi connectivity index (χ0) is 9.59. The van der Waals surface area contributed by atoms with Gasteiger partial charge in [0.2, 0.25) is 0 Å². The second kappa shape index (κ2) is 2.98. The zero-order valence-electron chi connectivity index (χ0n) is 8.06. The molecule has 0 aliphatic heterocycles. The van der Waals surface area contributed by atoms with Gasteiger partial charge in [-0.3, -0.25) is 4.79 Å². The highest BCUT2D eigenvalue weighted by molar-refractivity contribution is 5.72. The monoisotopic (exact) mass is 184 g/mol. The van der Waals surface area contributed by atoms with E-state index in [1.165, 1.54) is 7.11 Å². The molecule has 0 aromatic heterocycles. The van der Waals surface area contributed by atoms with Crippen LogP contribution in [0, 0.1) is 23.7 Å². The highest BCUT2D eigenvalue weighted by atomic mass is 16.5. The van der Waals surface area contributed by atoms with E-state index in [0.29, 0.717) is 17.8 Å². The first kappa shape index (κ1) is 9.00. The predicted octanol–water partition coefficient (Wildman–Crippen LogP) is 0.812. The Labute approximate surface area is 78.1 Å². The van der Waals surface area contributed by atoms with E-state index in [0.717, 1.165) is 12.8 Å². The molecule has 1 N–H and O–H groups in total. The highest BCUT2D eigenvalue weighted by Gasteiger charge is 2.59. The predicted molar refractivity (Wildman–Crippen MR) is 46.9 cm³/mol. The van der Waals surface area contributed by atoms with Crippen molar-refractivity contribution in [3.05, 3.63) is 0 Å². The van der Waals surface area contributed by atoms with E-state index in [9.17, 15) is 9.90 Å². The van der Waals surface area contributed by atoms with Crippen LogP contribution < -0.4 is 0 Å². The van der Waals surface area contributed by atoms with E-state index >= 15 is 0 Å². The molecule has 74 valence electrons. The lowest BCUT2D eigenvalue weighted by atomic mass is 9.98. The van der Waals surface area contributed by atoms with Crippen molar-refractivity contribution < 1.29 is 14.6 Å². The Morgan fingerprint density at radius 2 is 2.00 bits per heavy atom. The Bertz CT molecular complexity index is 214. The number of carbonyl (C=O) groups is 1. The molecule has 2 rings (SSSR count). The van der Waals surface area contributed by atoms with Gasteiger partial charge in [0.1, 0.15) is 0 Å². The Morgan fingerprint density at radius 3 is 2.46 bits per heavy atom. The molecule has 0 heterocycles. The lowest BCUT2D eigenvalue weighted by molar-refractivity contribution is -0.146. The van der Waals surface area contributed by atoms with Crippen LogP contribution in [-0.4, -0.2) is 24.3 Å². The second-order valence-corrected chi connectivity index (χ2v) is 4.34. The zero-order valence-corrected chi connectivity index (χ0v) is 8.06. The molecule has 13 heavy (non-hydrogen) atoms. The van der Waals surface area contributed by atoms with Gasteiger partial charge in [-0.15, -0.1) is 0 Å². The van der Waals surface area contributed by atoms with Gasteiger partial charge in [0.25, 0.3) is 0 Å². The highest BCUT2D eigenvalue weighted by Crippen LogP contribution is 2.60. The largest absolute Gasteiger partial charge is 0.469 e. The summed E-state index contributed by atoms with van der Waals surface area (Å²) in [6.07, 6.45) is 1.66. The molecule has 4 unspecified atom stereocenters. The van der Waals surface area contributed by atoms with Gasteiger partial charge in [-0.2, -0.15) is 0 Å². The van der Waals surface area contributed by atoms with Gasteiger partial charge in [0.15, 0.2) is 0 Å². The number of hydrogen-bond acceptors (Lipinski definition) is 3. The maximum absolute atomic E-state index is 11.2. The van der Waals surface area contributed by atoms with E-state index < -0.39 is 0 Å². The minimum atomic E-state index is -0.115. The third-order valence-corrected chi connectivity index (χ3v) is 3.64. The normalized spacial score (nSPS) is 43.9. The molecule has 0 saturated heterocycles. The molecule has 0 aromatic carbocycles. The molecule has 5 atom stereocenters. The molecular formula is C10H16O3. The summed E-state index contributed by atoms with van der Waals surface area (Å²) >= 11 is 0. The molecule has 0 amide bonds. The van der Waals surface area contributed by atoms with Gasteiger partial charge in [-0.05, 0) is 30.6 Å². The Balaban J connectivity index is 1.90. The minimum Gasteiger partial charge on any atom is -0.469 e. The second-order valence-electron chi connectivity index (χ2n) is 4.34. The number of rotatable bonds is 2. The van der Waals surface area contributed by atoms with Gasteiger partial charge < -0.3 is 9.84 Å². The number of hydrogen-bond donors (Lipinski definition) is 1. The molecule has 2 fully saturated rings. The standard InChI is InChI=1S/C10H16O3/c1-5(10(12)13-2)9-7-3-6(11)4-8(7)9/h5-9,11H,3-4H2,1-2H3/t5?,6?,7-,8?,9?/m1/s1. The van der Waals surface area contributed by atoms with Crippen LogP contribution in [-0.2, 0) is 9.53 Å². The summed E-state index contributed by atoms with van der Waals surface area (Å²) in [6.45, 7) is 1.93. The molecular weight excluding hydrogens is 168 g/mol. The molecule has 2 saturated carbocycles. The summed E-state index contributed by atoms with van der Waals surface area (Å²) in [5.41, 5.74) is 0. The van der Waals surface area contributed by atoms with Crippen molar-refractivity contribution in [3.8, 4) is 0 Å². The third kappa shape index (κ3) is 1.35. The molecule has 0 bridgehead atoms. The number of ether oxygens (including phenoxy) is 1. The number of aliphatic hydroxyl groups excluding tert-OH is 1.